The largest absolute Gasteiger partial charge is 1.00 e. The Morgan fingerprint density at radius 3 is 1.92 bits per heavy atom. The summed E-state index contributed by atoms with van der Waals surface area (Å²) in [6.45, 7) is 0. The van der Waals surface area contributed by atoms with Crippen LogP contribution in [0.25, 0.3) is 0 Å². The van der Waals surface area contributed by atoms with Gasteiger partial charge in [-0.05, 0) is 31.9 Å². The predicted octanol–water partition coefficient (Wildman–Crippen LogP) is -0.640. The molecule has 4 atom stereocenters. The van der Waals surface area contributed by atoms with Crippen molar-refractivity contribution in [1.82, 2.24) is 0 Å². The van der Waals surface area contributed by atoms with Crippen molar-refractivity contribution in [2.75, 3.05) is 0 Å². The maximum atomic E-state index is 4.93. The quantitative estimate of drug-likeness (QED) is 0.196. The van der Waals surface area contributed by atoms with Crippen LogP contribution in [0.3, 0.4) is 0 Å². The Hall–Kier alpha value is -1.23. The Labute approximate surface area is 253 Å². The van der Waals surface area contributed by atoms with E-state index in [0.29, 0.717) is 0 Å². The molecular formula is C28H30Cl2N4Zn2-2. The maximum absolute atomic E-state index is 4.93. The Balaban J connectivity index is 0.00000162. The summed E-state index contributed by atoms with van der Waals surface area (Å²) in [4.78, 5) is 19.7. The third-order valence-electron chi connectivity index (χ3n) is 6.69. The minimum Gasteiger partial charge on any atom is -1.00 e. The first-order chi connectivity index (χ1) is 15.8. The van der Waals surface area contributed by atoms with Crippen molar-refractivity contribution in [2.45, 2.75) is 75.5 Å². The molecule has 0 N–H and O–H groups in total. The molecule has 1 heterocycles. The van der Waals surface area contributed by atoms with Crippen LogP contribution >= 0.6 is 0 Å². The van der Waals surface area contributed by atoms with E-state index in [-0.39, 0.29) is 87.9 Å². The van der Waals surface area contributed by atoms with Crippen molar-refractivity contribution in [3.63, 3.8) is 0 Å². The number of rotatable bonds is 0. The molecule has 8 heteroatoms. The first-order valence-corrected chi connectivity index (χ1v) is 12.0. The van der Waals surface area contributed by atoms with E-state index in [1.165, 1.54) is 25.7 Å². The van der Waals surface area contributed by atoms with Crippen LogP contribution in [0.1, 0.15) is 51.4 Å². The van der Waals surface area contributed by atoms with Crippen LogP contribution in [-0.2, 0) is 39.0 Å². The zero-order valence-electron chi connectivity index (χ0n) is 20.7. The summed E-state index contributed by atoms with van der Waals surface area (Å²) >= 11 is 0. The molecule has 2 saturated carbocycles. The van der Waals surface area contributed by atoms with Crippen molar-refractivity contribution < 1.29 is 63.8 Å². The minimum atomic E-state index is 0. The molecule has 0 saturated heterocycles. The van der Waals surface area contributed by atoms with Crippen LogP contribution in [0.5, 0.6) is 0 Å². The van der Waals surface area contributed by atoms with E-state index in [0.717, 1.165) is 48.0 Å². The third-order valence-corrected chi connectivity index (χ3v) is 6.69. The molecule has 0 aromatic heterocycles. The standard InChI is InChI=1S/C28H30N4.2ClH.2Zn/c1-2-12-26-25(11-1)29-17-21-7-5-9-23(15-21)19-31-27-13-3-4-14-28(27)32-20-24-10-6-8-22(16-24)18-30-26;;;;/h5-10,17-20,25-28H,1-4,11-14H2;2*1H;;/p-2/t25-,26-,27-,28-;;;;/m1..../s1. The van der Waals surface area contributed by atoms with E-state index in [2.05, 4.69) is 48.6 Å². The van der Waals surface area contributed by atoms with Crippen molar-refractivity contribution in [3.8, 4) is 0 Å². The van der Waals surface area contributed by atoms with Crippen LogP contribution in [0.4, 0.5) is 0 Å². The van der Waals surface area contributed by atoms with E-state index in [4.69, 9.17) is 20.0 Å². The molecular weight excluding hydrogens is 594 g/mol. The summed E-state index contributed by atoms with van der Waals surface area (Å²) in [5.41, 5.74) is 7.47. The Morgan fingerprint density at radius 2 is 1.28 bits per heavy atom. The van der Waals surface area contributed by atoms with Gasteiger partial charge in [-0.2, -0.15) is 0 Å². The first kappa shape index (κ1) is 32.8. The minimum absolute atomic E-state index is 0. The van der Waals surface area contributed by atoms with Gasteiger partial charge < -0.3 is 29.8 Å². The molecule has 5 aliphatic rings. The van der Waals surface area contributed by atoms with Gasteiger partial charge in [-0.3, -0.25) is 4.99 Å². The molecule has 5 rings (SSSR count). The normalized spacial score (nSPS) is 28.0. The molecule has 0 radical (unpaired) electrons. The van der Waals surface area contributed by atoms with Gasteiger partial charge in [-0.25, -0.2) is 15.7 Å². The van der Waals surface area contributed by atoms with Crippen LogP contribution < -0.4 is 24.8 Å². The van der Waals surface area contributed by atoms with Crippen molar-refractivity contribution in [2.24, 2.45) is 20.0 Å². The maximum Gasteiger partial charge on any atom is 0.141 e. The monoisotopic (exact) mass is 620 g/mol. The second kappa shape index (κ2) is 16.6. The van der Waals surface area contributed by atoms with Crippen molar-refractivity contribution >= 4 is 24.9 Å². The molecule has 1 aliphatic heterocycles. The molecule has 4 bridgehead atoms. The predicted molar refractivity (Wildman–Crippen MR) is 134 cm³/mol. The summed E-state index contributed by atoms with van der Waals surface area (Å²) in [6, 6.07) is 0.879. The van der Waals surface area contributed by atoms with Gasteiger partial charge in [-0.15, -0.1) is 18.6 Å². The molecule has 2 fully saturated rings. The number of hydrogen-bond acceptors (Lipinski definition) is 4. The third kappa shape index (κ3) is 8.95. The second-order valence-corrected chi connectivity index (χ2v) is 9.07. The molecule has 0 amide bonds. The van der Waals surface area contributed by atoms with E-state index in [1.807, 2.05) is 24.9 Å². The Kier molecular flexibility index (Phi) is 15.1. The molecule has 182 valence electrons. The second-order valence-electron chi connectivity index (χ2n) is 9.07. The number of allylic oxidation sites excluding steroid dienone is 9. The molecule has 4 nitrogen and oxygen atoms in total. The average molecular weight is 624 g/mol. The fraction of sp³-hybridized carbons (Fsp3) is 0.429. The molecule has 36 heavy (non-hydrogen) atoms. The van der Waals surface area contributed by atoms with Crippen LogP contribution in [0.15, 0.2) is 78.4 Å². The molecule has 0 aromatic carbocycles. The number of fused-ring (bicyclic) bond motifs is 3. The van der Waals surface area contributed by atoms with Crippen molar-refractivity contribution in [1.29, 1.82) is 0 Å². The summed E-state index contributed by atoms with van der Waals surface area (Å²) in [5.74, 6) is 0. The van der Waals surface area contributed by atoms with E-state index in [1.54, 1.807) is 0 Å². The SMILES string of the molecule is C1=C2C=C[CH-]C=1C=N[C@@H]1CCCC[C@H]1N=CC1=[C+]C(=CC=C1)C=N[C@@H]1CCCC[C@H]1N=C2.[Cl-].[Cl-].[Zn].[Zn]. The van der Waals surface area contributed by atoms with E-state index in [9.17, 15) is 0 Å². The van der Waals surface area contributed by atoms with E-state index < -0.39 is 0 Å². The summed E-state index contributed by atoms with van der Waals surface area (Å²) in [5, 5.41) is 0. The first-order valence-electron chi connectivity index (χ1n) is 12.0. The van der Waals surface area contributed by atoms with Gasteiger partial charge in [0.15, 0.2) is 0 Å². The topological polar surface area (TPSA) is 49.4 Å². The fourth-order valence-corrected chi connectivity index (χ4v) is 4.90. The number of nitrogens with zero attached hydrogens (tertiary/aromatic N) is 4. The van der Waals surface area contributed by atoms with Crippen LogP contribution in [0, 0.1) is 12.5 Å². The smallest absolute Gasteiger partial charge is 0.141 e. The summed E-state index contributed by atoms with van der Waals surface area (Å²) in [7, 11) is 0. The van der Waals surface area contributed by atoms with Gasteiger partial charge in [0.25, 0.3) is 0 Å². The molecule has 0 unspecified atom stereocenters. The van der Waals surface area contributed by atoms with E-state index >= 15 is 0 Å². The van der Waals surface area contributed by atoms with Crippen molar-refractivity contribution in [3.05, 3.63) is 70.9 Å². The number of hydrogen-bond donors (Lipinski definition) is 0. The van der Waals surface area contributed by atoms with Gasteiger partial charge in [0, 0.05) is 69.5 Å². The molecule has 0 spiro atoms. The molecule has 0 aromatic rings. The fourth-order valence-electron chi connectivity index (χ4n) is 4.90. The Bertz CT molecular complexity index is 1050. The van der Waals surface area contributed by atoms with Gasteiger partial charge in [0.2, 0.25) is 0 Å². The van der Waals surface area contributed by atoms with Gasteiger partial charge in [0.05, 0.1) is 24.2 Å². The van der Waals surface area contributed by atoms with Crippen LogP contribution in [0.2, 0.25) is 0 Å². The average Bonchev–Trinajstić information content (AvgIpc) is 2.85. The van der Waals surface area contributed by atoms with Gasteiger partial charge >= 0.3 is 0 Å². The number of aliphatic imine (C=N–C) groups is 4. The zero-order valence-corrected chi connectivity index (χ0v) is 28.1. The summed E-state index contributed by atoms with van der Waals surface area (Å²) in [6.07, 6.45) is 32.9. The van der Waals surface area contributed by atoms with Gasteiger partial charge in [0.1, 0.15) is 23.6 Å². The molecule has 4 aliphatic carbocycles. The Morgan fingerprint density at radius 1 is 0.722 bits per heavy atom. The van der Waals surface area contributed by atoms with Crippen LogP contribution in [-0.4, -0.2) is 49.0 Å². The van der Waals surface area contributed by atoms with Gasteiger partial charge in [-0.1, -0.05) is 36.8 Å². The number of halogens is 2. The zero-order chi connectivity index (χ0) is 21.6. The summed E-state index contributed by atoms with van der Waals surface area (Å²) < 4.78 is 0.